The van der Waals surface area contributed by atoms with Gasteiger partial charge in [-0.15, -0.1) is 0 Å². The monoisotopic (exact) mass is 460 g/mol. The molecular formula is C25H32O8. The van der Waals surface area contributed by atoms with E-state index in [1.807, 2.05) is 36.4 Å². The Bertz CT molecular complexity index is 851. The van der Waals surface area contributed by atoms with Crippen molar-refractivity contribution in [3.05, 3.63) is 42.0 Å². The molecule has 180 valence electrons. The minimum absolute atomic E-state index is 0.0705. The van der Waals surface area contributed by atoms with E-state index in [2.05, 4.69) is 0 Å². The number of hydrogen-bond donors (Lipinski definition) is 1. The van der Waals surface area contributed by atoms with Crippen LogP contribution in [0.3, 0.4) is 0 Å². The molecule has 33 heavy (non-hydrogen) atoms. The largest absolute Gasteiger partial charge is 0.462 e. The Labute approximate surface area is 193 Å². The number of rotatable bonds is 6. The summed E-state index contributed by atoms with van der Waals surface area (Å²) in [5, 5.41) is 9.98. The van der Waals surface area contributed by atoms with Crippen molar-refractivity contribution in [3.8, 4) is 5.75 Å². The smallest absolute Gasteiger partial charge is 0.302 e. The van der Waals surface area contributed by atoms with Gasteiger partial charge in [-0.1, -0.05) is 30.4 Å². The Morgan fingerprint density at radius 1 is 1.21 bits per heavy atom. The lowest BCUT2D eigenvalue weighted by Gasteiger charge is -2.34. The molecule has 3 heterocycles. The first kappa shape index (κ1) is 22.8. The second kappa shape index (κ2) is 10.1. The molecule has 3 fully saturated rings. The first-order valence-corrected chi connectivity index (χ1v) is 11.9. The molecule has 0 amide bonds. The van der Waals surface area contributed by atoms with E-state index in [0.717, 1.165) is 30.6 Å². The van der Waals surface area contributed by atoms with E-state index in [-0.39, 0.29) is 36.3 Å². The van der Waals surface area contributed by atoms with Gasteiger partial charge in [-0.05, 0) is 31.2 Å². The van der Waals surface area contributed by atoms with Crippen LogP contribution in [0.25, 0.3) is 0 Å². The predicted octanol–water partition coefficient (Wildman–Crippen LogP) is 3.06. The van der Waals surface area contributed by atoms with Gasteiger partial charge in [0.25, 0.3) is 0 Å². The van der Waals surface area contributed by atoms with Gasteiger partial charge in [-0.3, -0.25) is 4.79 Å². The fourth-order valence-corrected chi connectivity index (χ4v) is 5.31. The molecule has 1 aromatic rings. The molecule has 1 saturated carbocycles. The number of carbonyl (C=O) groups excluding carboxylic acids is 1. The lowest BCUT2D eigenvalue weighted by atomic mass is 9.91. The quantitative estimate of drug-likeness (QED) is 0.512. The van der Waals surface area contributed by atoms with Crippen LogP contribution < -0.4 is 4.74 Å². The van der Waals surface area contributed by atoms with Crippen LogP contribution in [0.15, 0.2) is 36.4 Å². The first-order chi connectivity index (χ1) is 16.1. The number of fused-ring (bicyclic) bond motifs is 2. The Morgan fingerprint density at radius 2 is 2.09 bits per heavy atom. The summed E-state index contributed by atoms with van der Waals surface area (Å²) in [5.41, 5.74) is 0.996. The second-order valence-electron chi connectivity index (χ2n) is 9.18. The minimum Gasteiger partial charge on any atom is -0.462 e. The molecule has 0 bridgehead atoms. The molecule has 3 unspecified atom stereocenters. The zero-order chi connectivity index (χ0) is 22.8. The number of ether oxygens (including phenoxy) is 6. The third-order valence-electron chi connectivity index (χ3n) is 6.85. The van der Waals surface area contributed by atoms with Crippen LogP contribution in [0.5, 0.6) is 5.75 Å². The highest BCUT2D eigenvalue weighted by atomic mass is 16.7. The highest BCUT2D eigenvalue weighted by Gasteiger charge is 2.50. The molecule has 8 atom stereocenters. The number of aliphatic hydroxyl groups is 1. The number of aliphatic hydroxyl groups excluding tert-OH is 1. The van der Waals surface area contributed by atoms with Gasteiger partial charge in [-0.25, -0.2) is 0 Å². The van der Waals surface area contributed by atoms with Gasteiger partial charge < -0.3 is 33.5 Å². The molecule has 0 aromatic heterocycles. The molecule has 5 rings (SSSR count). The van der Waals surface area contributed by atoms with Crippen LogP contribution >= 0.6 is 0 Å². The maximum absolute atomic E-state index is 11.7. The molecule has 3 aliphatic heterocycles. The van der Waals surface area contributed by atoms with Gasteiger partial charge >= 0.3 is 5.97 Å². The van der Waals surface area contributed by atoms with Crippen LogP contribution in [0.2, 0.25) is 0 Å². The third-order valence-corrected chi connectivity index (χ3v) is 6.85. The summed E-state index contributed by atoms with van der Waals surface area (Å²) in [6.07, 6.45) is 5.25. The Hall–Kier alpha value is -1.97. The number of carbonyl (C=O) groups is 1. The summed E-state index contributed by atoms with van der Waals surface area (Å²) in [6.45, 7) is 2.52. The predicted molar refractivity (Wildman–Crippen MR) is 116 cm³/mol. The van der Waals surface area contributed by atoms with E-state index in [9.17, 15) is 9.90 Å². The van der Waals surface area contributed by atoms with E-state index in [1.165, 1.54) is 6.92 Å². The van der Waals surface area contributed by atoms with E-state index in [0.29, 0.717) is 26.1 Å². The van der Waals surface area contributed by atoms with Crippen LogP contribution in [0.4, 0.5) is 0 Å². The maximum Gasteiger partial charge on any atom is 0.302 e. The van der Waals surface area contributed by atoms with Gasteiger partial charge in [0.1, 0.15) is 18.0 Å². The number of benzene rings is 1. The molecule has 0 spiro atoms. The van der Waals surface area contributed by atoms with Crippen LogP contribution in [0.1, 0.15) is 44.6 Å². The molecule has 8 heteroatoms. The summed E-state index contributed by atoms with van der Waals surface area (Å²) in [6, 6.07) is 7.80. The molecule has 0 radical (unpaired) electrons. The van der Waals surface area contributed by atoms with Crippen molar-refractivity contribution < 1.29 is 38.3 Å². The third kappa shape index (κ3) is 5.25. The lowest BCUT2D eigenvalue weighted by Crippen LogP contribution is -2.41. The molecule has 1 N–H and O–H groups in total. The van der Waals surface area contributed by atoms with Crippen molar-refractivity contribution in [1.29, 1.82) is 0 Å². The van der Waals surface area contributed by atoms with E-state index in [1.54, 1.807) is 0 Å². The molecular weight excluding hydrogens is 428 g/mol. The van der Waals surface area contributed by atoms with Crippen molar-refractivity contribution in [1.82, 2.24) is 0 Å². The summed E-state index contributed by atoms with van der Waals surface area (Å²) in [7, 11) is 0. The Balaban J connectivity index is 1.35. The van der Waals surface area contributed by atoms with E-state index < -0.39 is 18.7 Å². The normalized spacial score (nSPS) is 36.7. The SMILES string of the molecule is CC(=O)O[C@@H]1C[C@@H]2OC(O)C[C@@H]2[C@H]1/C=C/[C@@H](OC1CCCCO1)C1OCc2ccccc2O1. The van der Waals surface area contributed by atoms with Crippen LogP contribution in [-0.4, -0.2) is 54.9 Å². The van der Waals surface area contributed by atoms with Gasteiger partial charge in [0.05, 0.1) is 12.7 Å². The molecule has 8 nitrogen and oxygen atoms in total. The fourth-order valence-electron chi connectivity index (χ4n) is 5.31. The molecule has 4 aliphatic rings. The first-order valence-electron chi connectivity index (χ1n) is 11.9. The maximum atomic E-state index is 11.7. The van der Waals surface area contributed by atoms with Crippen molar-refractivity contribution in [2.24, 2.45) is 11.8 Å². The van der Waals surface area contributed by atoms with Crippen LogP contribution in [-0.2, 0) is 35.1 Å². The summed E-state index contributed by atoms with van der Waals surface area (Å²) in [5.74, 6) is 0.440. The Morgan fingerprint density at radius 3 is 2.91 bits per heavy atom. The van der Waals surface area contributed by atoms with Crippen LogP contribution in [0, 0.1) is 11.8 Å². The van der Waals surface area contributed by atoms with Gasteiger partial charge in [0.2, 0.25) is 6.29 Å². The lowest BCUT2D eigenvalue weighted by molar-refractivity contribution is -0.236. The van der Waals surface area contributed by atoms with Crippen molar-refractivity contribution in [2.45, 2.75) is 82.8 Å². The summed E-state index contributed by atoms with van der Waals surface area (Å²) >= 11 is 0. The van der Waals surface area contributed by atoms with Crippen molar-refractivity contribution in [3.63, 3.8) is 0 Å². The number of para-hydroxylation sites is 1. The fraction of sp³-hybridized carbons (Fsp3) is 0.640. The van der Waals surface area contributed by atoms with Gasteiger partial charge in [0, 0.05) is 37.9 Å². The van der Waals surface area contributed by atoms with Gasteiger partial charge in [0.15, 0.2) is 12.6 Å². The van der Waals surface area contributed by atoms with E-state index in [4.69, 9.17) is 28.4 Å². The van der Waals surface area contributed by atoms with E-state index >= 15 is 0 Å². The zero-order valence-electron chi connectivity index (χ0n) is 18.8. The second-order valence-corrected chi connectivity index (χ2v) is 9.18. The highest BCUT2D eigenvalue weighted by Crippen LogP contribution is 2.45. The topological polar surface area (TPSA) is 92.7 Å². The zero-order valence-corrected chi connectivity index (χ0v) is 18.8. The molecule has 1 aliphatic carbocycles. The molecule has 2 saturated heterocycles. The van der Waals surface area contributed by atoms with Crippen molar-refractivity contribution in [2.75, 3.05) is 6.61 Å². The Kier molecular flexibility index (Phi) is 6.99. The average Bonchev–Trinajstić information content (AvgIpc) is 3.32. The standard InChI is InChI=1S/C25H32O8/c1-15(26)30-21-13-22-18(12-23(27)31-22)17(21)9-10-20(32-24-8-4-5-11-28-24)25-29-14-16-6-2-3-7-19(16)33-25/h2-3,6-7,9-10,17-18,20-25,27H,4-5,8,11-14H2,1H3/b10-9+/t17-,18-,20-,21-,22+,23?,24?,25?/m1/s1. The highest BCUT2D eigenvalue weighted by molar-refractivity contribution is 5.66. The average molecular weight is 461 g/mol. The number of esters is 1. The number of hydrogen-bond acceptors (Lipinski definition) is 8. The minimum atomic E-state index is -0.779. The molecule has 1 aromatic carbocycles. The summed E-state index contributed by atoms with van der Waals surface area (Å²) in [4.78, 5) is 11.7. The van der Waals surface area contributed by atoms with Gasteiger partial charge in [-0.2, -0.15) is 0 Å². The summed E-state index contributed by atoms with van der Waals surface area (Å²) < 4.78 is 35.5. The van der Waals surface area contributed by atoms with Crippen molar-refractivity contribution >= 4 is 5.97 Å².